The molecule has 0 aromatic rings. The van der Waals surface area contributed by atoms with Crippen LogP contribution in [-0.2, 0) is 4.79 Å². The average molecular weight is 194 g/mol. The number of hydrogen-bond donors (Lipinski definition) is 1. The summed E-state index contributed by atoms with van der Waals surface area (Å²) in [5.41, 5.74) is 0. The van der Waals surface area contributed by atoms with Crippen LogP contribution >= 0.6 is 0 Å². The first-order valence-electron chi connectivity index (χ1n) is 5.23. The van der Waals surface area contributed by atoms with Crippen molar-refractivity contribution >= 4 is 5.91 Å². The van der Waals surface area contributed by atoms with Gasteiger partial charge in [0.2, 0.25) is 0 Å². The van der Waals surface area contributed by atoms with E-state index in [4.69, 9.17) is 6.42 Å². The van der Waals surface area contributed by atoms with Gasteiger partial charge < -0.3 is 10.2 Å². The van der Waals surface area contributed by atoms with Crippen LogP contribution in [0.4, 0.5) is 0 Å². The van der Waals surface area contributed by atoms with Crippen molar-refractivity contribution in [2.24, 2.45) is 0 Å². The largest absolute Gasteiger partial charge is 0.326 e. The van der Waals surface area contributed by atoms with Gasteiger partial charge in [-0.05, 0) is 18.8 Å². The monoisotopic (exact) mass is 194 g/mol. The SMILES string of the molecule is C#CC(=O)N1CC(CC)NCC1CC. The van der Waals surface area contributed by atoms with Crippen LogP contribution in [0.1, 0.15) is 26.7 Å². The second-order valence-electron chi connectivity index (χ2n) is 3.68. The maximum Gasteiger partial charge on any atom is 0.298 e. The van der Waals surface area contributed by atoms with E-state index >= 15 is 0 Å². The lowest BCUT2D eigenvalue weighted by Crippen LogP contribution is -2.57. The van der Waals surface area contributed by atoms with Crippen LogP contribution in [0, 0.1) is 12.3 Å². The van der Waals surface area contributed by atoms with Crippen LogP contribution < -0.4 is 5.32 Å². The van der Waals surface area contributed by atoms with Crippen LogP contribution in [0.3, 0.4) is 0 Å². The Morgan fingerprint density at radius 3 is 2.79 bits per heavy atom. The van der Waals surface area contributed by atoms with Gasteiger partial charge >= 0.3 is 0 Å². The Labute approximate surface area is 85.9 Å². The first-order chi connectivity index (χ1) is 6.72. The standard InChI is InChI=1S/C11H18N2O/c1-4-9-8-13(11(14)6-3)10(5-2)7-12-9/h3,9-10,12H,4-5,7-8H2,1-2H3. The minimum Gasteiger partial charge on any atom is -0.326 e. The summed E-state index contributed by atoms with van der Waals surface area (Å²) in [5, 5.41) is 3.42. The van der Waals surface area contributed by atoms with E-state index in [1.165, 1.54) is 0 Å². The highest BCUT2D eigenvalue weighted by molar-refractivity contribution is 5.93. The summed E-state index contributed by atoms with van der Waals surface area (Å²) in [7, 11) is 0. The van der Waals surface area contributed by atoms with Crippen LogP contribution in [0.2, 0.25) is 0 Å². The number of carbonyl (C=O) groups is 1. The molecule has 1 saturated heterocycles. The highest BCUT2D eigenvalue weighted by Gasteiger charge is 2.28. The Hall–Kier alpha value is -1.01. The van der Waals surface area contributed by atoms with Gasteiger partial charge in [0.1, 0.15) is 0 Å². The van der Waals surface area contributed by atoms with Crippen LogP contribution in [-0.4, -0.2) is 36.0 Å². The summed E-state index contributed by atoms with van der Waals surface area (Å²) in [5.74, 6) is 2.03. The van der Waals surface area contributed by atoms with Gasteiger partial charge in [-0.15, -0.1) is 6.42 Å². The molecule has 3 heteroatoms. The number of nitrogens with one attached hydrogen (secondary N) is 1. The molecular formula is C11H18N2O. The number of piperazine rings is 1. The molecule has 0 radical (unpaired) electrons. The fourth-order valence-electron chi connectivity index (χ4n) is 1.83. The molecule has 0 aromatic carbocycles. The highest BCUT2D eigenvalue weighted by Crippen LogP contribution is 2.11. The lowest BCUT2D eigenvalue weighted by atomic mass is 10.1. The van der Waals surface area contributed by atoms with E-state index in [1.54, 1.807) is 0 Å². The van der Waals surface area contributed by atoms with Gasteiger partial charge in [0.15, 0.2) is 0 Å². The molecule has 1 rings (SSSR count). The van der Waals surface area contributed by atoms with Crippen LogP contribution in [0.15, 0.2) is 0 Å². The van der Waals surface area contributed by atoms with Crippen molar-refractivity contribution in [1.29, 1.82) is 0 Å². The zero-order valence-corrected chi connectivity index (χ0v) is 8.92. The molecule has 1 aliphatic rings. The molecule has 0 spiro atoms. The van der Waals surface area contributed by atoms with Gasteiger partial charge in [-0.1, -0.05) is 13.8 Å². The Morgan fingerprint density at radius 1 is 1.57 bits per heavy atom. The zero-order chi connectivity index (χ0) is 10.6. The number of rotatable bonds is 2. The quantitative estimate of drug-likeness (QED) is 0.653. The van der Waals surface area contributed by atoms with Gasteiger partial charge in [-0.25, -0.2) is 0 Å². The molecule has 3 nitrogen and oxygen atoms in total. The highest BCUT2D eigenvalue weighted by atomic mass is 16.2. The molecule has 0 saturated carbocycles. The van der Waals surface area contributed by atoms with E-state index in [2.05, 4.69) is 25.1 Å². The zero-order valence-electron chi connectivity index (χ0n) is 8.92. The van der Waals surface area contributed by atoms with Crippen molar-refractivity contribution < 1.29 is 4.79 Å². The van der Waals surface area contributed by atoms with E-state index in [1.807, 2.05) is 4.90 Å². The van der Waals surface area contributed by atoms with E-state index in [0.29, 0.717) is 6.04 Å². The summed E-state index contributed by atoms with van der Waals surface area (Å²) in [6, 6.07) is 0.663. The number of carbonyl (C=O) groups excluding carboxylic acids is 1. The van der Waals surface area contributed by atoms with Gasteiger partial charge in [-0.2, -0.15) is 0 Å². The number of terminal acetylenes is 1. The van der Waals surface area contributed by atoms with Gasteiger partial charge in [0.05, 0.1) is 0 Å². The number of amides is 1. The maximum absolute atomic E-state index is 11.5. The second-order valence-corrected chi connectivity index (χ2v) is 3.68. The average Bonchev–Trinajstić information content (AvgIpc) is 2.27. The van der Waals surface area contributed by atoms with E-state index in [-0.39, 0.29) is 11.9 Å². The summed E-state index contributed by atoms with van der Waals surface area (Å²) in [6.07, 6.45) is 7.13. The topological polar surface area (TPSA) is 32.3 Å². The van der Waals surface area contributed by atoms with E-state index < -0.39 is 0 Å². The molecule has 1 heterocycles. The van der Waals surface area contributed by atoms with E-state index in [0.717, 1.165) is 25.9 Å². The van der Waals surface area contributed by atoms with Crippen molar-refractivity contribution in [1.82, 2.24) is 10.2 Å². The fourth-order valence-corrected chi connectivity index (χ4v) is 1.83. The summed E-state index contributed by atoms with van der Waals surface area (Å²) < 4.78 is 0. The first-order valence-corrected chi connectivity index (χ1v) is 5.23. The van der Waals surface area contributed by atoms with Crippen molar-refractivity contribution in [2.75, 3.05) is 13.1 Å². The molecule has 0 aromatic heterocycles. The molecule has 1 amide bonds. The third-order valence-corrected chi connectivity index (χ3v) is 2.85. The maximum atomic E-state index is 11.5. The predicted octanol–water partition coefficient (Wildman–Crippen LogP) is 0.609. The Morgan fingerprint density at radius 2 is 2.29 bits per heavy atom. The fraction of sp³-hybridized carbons (Fsp3) is 0.727. The minimum atomic E-state index is -0.170. The van der Waals surface area contributed by atoms with Crippen molar-refractivity contribution in [3.05, 3.63) is 0 Å². The first kappa shape index (κ1) is 11.1. The molecule has 0 bridgehead atoms. The third-order valence-electron chi connectivity index (χ3n) is 2.85. The normalized spacial score (nSPS) is 27.1. The van der Waals surface area contributed by atoms with Crippen molar-refractivity contribution in [3.63, 3.8) is 0 Å². The minimum absolute atomic E-state index is 0.170. The molecule has 1 aliphatic heterocycles. The van der Waals surface area contributed by atoms with Gasteiger partial charge in [0, 0.05) is 25.2 Å². The van der Waals surface area contributed by atoms with Crippen LogP contribution in [0.5, 0.6) is 0 Å². The molecule has 2 unspecified atom stereocenters. The lowest BCUT2D eigenvalue weighted by Gasteiger charge is -2.38. The Balaban J connectivity index is 2.66. The van der Waals surface area contributed by atoms with Crippen LogP contribution in [0.25, 0.3) is 0 Å². The van der Waals surface area contributed by atoms with Gasteiger partial charge in [-0.3, -0.25) is 4.79 Å². The molecule has 1 N–H and O–H groups in total. The number of hydrogen-bond acceptors (Lipinski definition) is 2. The Bertz CT molecular complexity index is 244. The molecule has 1 fully saturated rings. The second kappa shape index (κ2) is 5.02. The van der Waals surface area contributed by atoms with Crippen molar-refractivity contribution in [3.8, 4) is 12.3 Å². The van der Waals surface area contributed by atoms with E-state index in [9.17, 15) is 4.79 Å². The molecule has 2 atom stereocenters. The summed E-state index contributed by atoms with van der Waals surface area (Å²) in [6.45, 7) is 5.80. The Kier molecular flexibility index (Phi) is 3.97. The summed E-state index contributed by atoms with van der Waals surface area (Å²) >= 11 is 0. The predicted molar refractivity (Wildman–Crippen MR) is 56.7 cm³/mol. The van der Waals surface area contributed by atoms with Crippen molar-refractivity contribution in [2.45, 2.75) is 38.8 Å². The molecular weight excluding hydrogens is 176 g/mol. The smallest absolute Gasteiger partial charge is 0.298 e. The molecule has 78 valence electrons. The van der Waals surface area contributed by atoms with Gasteiger partial charge in [0.25, 0.3) is 5.91 Å². The lowest BCUT2D eigenvalue weighted by molar-refractivity contribution is -0.129. The molecule has 14 heavy (non-hydrogen) atoms. The molecule has 0 aliphatic carbocycles. The number of nitrogens with zero attached hydrogens (tertiary/aromatic N) is 1. The summed E-state index contributed by atoms with van der Waals surface area (Å²) in [4.78, 5) is 13.3. The third kappa shape index (κ3) is 2.27.